The number of benzene rings is 3. The van der Waals surface area contributed by atoms with Gasteiger partial charge in [0, 0.05) is 45.1 Å². The standard InChI is InChI=1S/C22H14N2O5/c1-12-14(7-4-8-19(12)24(28)29)22(27)23-13-9-10-17-18(11-13)21(26)16-6-3-2-5-15(16)20(17)25/h2-11H,1H3,(H,23,27). The van der Waals surface area contributed by atoms with E-state index in [9.17, 15) is 24.5 Å². The predicted octanol–water partition coefficient (Wildman–Crippen LogP) is 3.93. The Morgan fingerprint density at radius 1 is 0.862 bits per heavy atom. The molecule has 0 unspecified atom stereocenters. The van der Waals surface area contributed by atoms with Gasteiger partial charge in [0.1, 0.15) is 0 Å². The van der Waals surface area contributed by atoms with Crippen molar-refractivity contribution in [1.82, 2.24) is 0 Å². The molecule has 0 atom stereocenters. The molecule has 1 aliphatic carbocycles. The van der Waals surface area contributed by atoms with Crippen LogP contribution in [0.4, 0.5) is 11.4 Å². The van der Waals surface area contributed by atoms with Crippen molar-refractivity contribution in [2.75, 3.05) is 5.32 Å². The molecular formula is C22H14N2O5. The molecular weight excluding hydrogens is 372 g/mol. The second kappa shape index (κ2) is 6.79. The highest BCUT2D eigenvalue weighted by Gasteiger charge is 2.29. The van der Waals surface area contributed by atoms with Crippen molar-refractivity contribution in [3.63, 3.8) is 0 Å². The first-order valence-electron chi connectivity index (χ1n) is 8.76. The third kappa shape index (κ3) is 2.98. The van der Waals surface area contributed by atoms with Crippen LogP contribution in [-0.4, -0.2) is 22.4 Å². The summed E-state index contributed by atoms with van der Waals surface area (Å²) in [5.41, 5.74) is 1.73. The minimum absolute atomic E-state index is 0.152. The van der Waals surface area contributed by atoms with Crippen molar-refractivity contribution in [2.24, 2.45) is 0 Å². The number of carbonyl (C=O) groups is 3. The summed E-state index contributed by atoms with van der Waals surface area (Å²) in [6.45, 7) is 1.50. The summed E-state index contributed by atoms with van der Waals surface area (Å²) in [6, 6.07) is 15.3. The van der Waals surface area contributed by atoms with Gasteiger partial charge in [-0.25, -0.2) is 0 Å². The van der Waals surface area contributed by atoms with Crippen LogP contribution in [-0.2, 0) is 0 Å². The second-order valence-corrected chi connectivity index (χ2v) is 6.63. The van der Waals surface area contributed by atoms with Crippen molar-refractivity contribution in [3.05, 3.63) is 104 Å². The Bertz CT molecular complexity index is 1230. The number of rotatable bonds is 3. The Morgan fingerprint density at radius 3 is 2.14 bits per heavy atom. The van der Waals surface area contributed by atoms with Crippen molar-refractivity contribution < 1.29 is 19.3 Å². The maximum absolute atomic E-state index is 12.8. The highest BCUT2D eigenvalue weighted by atomic mass is 16.6. The van der Waals surface area contributed by atoms with Gasteiger partial charge in [-0.1, -0.05) is 30.3 Å². The lowest BCUT2D eigenvalue weighted by Crippen LogP contribution is -2.21. The van der Waals surface area contributed by atoms with E-state index >= 15 is 0 Å². The van der Waals surface area contributed by atoms with Crippen LogP contribution < -0.4 is 5.32 Å². The van der Waals surface area contributed by atoms with E-state index in [4.69, 9.17) is 0 Å². The Balaban J connectivity index is 1.68. The first kappa shape index (κ1) is 18.2. The van der Waals surface area contributed by atoms with E-state index < -0.39 is 10.8 Å². The van der Waals surface area contributed by atoms with E-state index in [1.165, 1.54) is 43.3 Å². The lowest BCUT2D eigenvalue weighted by atomic mass is 9.84. The smallest absolute Gasteiger partial charge is 0.273 e. The summed E-state index contributed by atoms with van der Waals surface area (Å²) >= 11 is 0. The minimum Gasteiger partial charge on any atom is -0.322 e. The summed E-state index contributed by atoms with van der Waals surface area (Å²) in [7, 11) is 0. The van der Waals surface area contributed by atoms with Crippen molar-refractivity contribution in [3.8, 4) is 0 Å². The Morgan fingerprint density at radius 2 is 1.48 bits per heavy atom. The summed E-state index contributed by atoms with van der Waals surface area (Å²) in [5.74, 6) is -1.08. The largest absolute Gasteiger partial charge is 0.322 e. The molecule has 3 aromatic rings. The molecule has 0 aromatic heterocycles. The molecule has 0 aliphatic heterocycles. The predicted molar refractivity (Wildman–Crippen MR) is 106 cm³/mol. The van der Waals surface area contributed by atoms with Gasteiger partial charge in [0.25, 0.3) is 11.6 Å². The monoisotopic (exact) mass is 386 g/mol. The van der Waals surface area contributed by atoms with Gasteiger partial charge >= 0.3 is 0 Å². The fourth-order valence-corrected chi connectivity index (χ4v) is 3.44. The van der Waals surface area contributed by atoms with E-state index in [-0.39, 0.29) is 39.5 Å². The number of anilines is 1. The quantitative estimate of drug-likeness (QED) is 0.424. The second-order valence-electron chi connectivity index (χ2n) is 6.63. The van der Waals surface area contributed by atoms with Gasteiger partial charge in [0.15, 0.2) is 11.6 Å². The molecule has 7 nitrogen and oxygen atoms in total. The van der Waals surface area contributed by atoms with E-state index in [2.05, 4.69) is 5.32 Å². The lowest BCUT2D eigenvalue weighted by Gasteiger charge is -2.18. The molecule has 0 spiro atoms. The molecule has 0 saturated carbocycles. The molecule has 29 heavy (non-hydrogen) atoms. The van der Waals surface area contributed by atoms with Crippen LogP contribution in [0.1, 0.15) is 47.8 Å². The molecule has 0 fully saturated rings. The van der Waals surface area contributed by atoms with Gasteiger partial charge in [-0.2, -0.15) is 0 Å². The third-order valence-electron chi connectivity index (χ3n) is 4.93. The van der Waals surface area contributed by atoms with E-state index in [0.29, 0.717) is 16.8 Å². The fraction of sp³-hybridized carbons (Fsp3) is 0.0455. The fourth-order valence-electron chi connectivity index (χ4n) is 3.44. The summed E-state index contributed by atoms with van der Waals surface area (Å²) < 4.78 is 0. The molecule has 0 radical (unpaired) electrons. The summed E-state index contributed by atoms with van der Waals surface area (Å²) in [4.78, 5) is 48.6. The summed E-state index contributed by atoms with van der Waals surface area (Å²) in [6.07, 6.45) is 0. The number of nitro groups is 1. The number of fused-ring (bicyclic) bond motifs is 2. The van der Waals surface area contributed by atoms with Crippen LogP contribution in [0.25, 0.3) is 0 Å². The van der Waals surface area contributed by atoms with Gasteiger partial charge in [-0.15, -0.1) is 0 Å². The van der Waals surface area contributed by atoms with Crippen LogP contribution in [0.2, 0.25) is 0 Å². The van der Waals surface area contributed by atoms with Gasteiger partial charge in [0.2, 0.25) is 0 Å². The number of carbonyl (C=O) groups excluding carboxylic acids is 3. The van der Waals surface area contributed by atoms with E-state index in [0.717, 1.165) is 0 Å². The molecule has 142 valence electrons. The van der Waals surface area contributed by atoms with E-state index in [1.807, 2.05) is 0 Å². The summed E-state index contributed by atoms with van der Waals surface area (Å²) in [5, 5.41) is 13.7. The Hall–Kier alpha value is -4.13. The average molecular weight is 386 g/mol. The molecule has 0 bridgehead atoms. The number of ketones is 2. The number of nitrogens with one attached hydrogen (secondary N) is 1. The topological polar surface area (TPSA) is 106 Å². The van der Waals surface area contributed by atoms with Gasteiger partial charge in [0.05, 0.1) is 4.92 Å². The highest BCUT2D eigenvalue weighted by Crippen LogP contribution is 2.29. The number of amides is 1. The van der Waals surface area contributed by atoms with Gasteiger partial charge in [-0.3, -0.25) is 24.5 Å². The van der Waals surface area contributed by atoms with E-state index in [1.54, 1.807) is 24.3 Å². The molecule has 7 heteroatoms. The lowest BCUT2D eigenvalue weighted by molar-refractivity contribution is -0.385. The number of nitro benzene ring substituents is 1. The maximum Gasteiger partial charge on any atom is 0.273 e. The number of hydrogen-bond acceptors (Lipinski definition) is 5. The van der Waals surface area contributed by atoms with Crippen LogP contribution in [0.3, 0.4) is 0 Å². The average Bonchev–Trinajstić information content (AvgIpc) is 2.72. The molecule has 3 aromatic carbocycles. The van der Waals surface area contributed by atoms with Gasteiger partial charge in [-0.05, 0) is 31.2 Å². The van der Waals surface area contributed by atoms with Crippen LogP contribution in [0.5, 0.6) is 0 Å². The normalized spacial score (nSPS) is 12.2. The first-order chi connectivity index (χ1) is 13.9. The van der Waals surface area contributed by atoms with Crippen molar-refractivity contribution >= 4 is 28.8 Å². The molecule has 0 heterocycles. The molecule has 4 rings (SSSR count). The molecule has 1 aliphatic rings. The zero-order valence-electron chi connectivity index (χ0n) is 15.3. The molecule has 0 saturated heterocycles. The Kier molecular flexibility index (Phi) is 4.27. The van der Waals surface area contributed by atoms with Crippen LogP contribution >= 0.6 is 0 Å². The van der Waals surface area contributed by atoms with Crippen molar-refractivity contribution in [2.45, 2.75) is 6.92 Å². The highest BCUT2D eigenvalue weighted by molar-refractivity contribution is 6.28. The minimum atomic E-state index is -0.549. The van der Waals surface area contributed by atoms with Crippen molar-refractivity contribution in [1.29, 1.82) is 0 Å². The molecule has 1 amide bonds. The maximum atomic E-state index is 12.8. The van der Waals surface area contributed by atoms with Crippen LogP contribution in [0.15, 0.2) is 60.7 Å². The van der Waals surface area contributed by atoms with Crippen LogP contribution in [0, 0.1) is 17.0 Å². The Labute approximate surface area is 165 Å². The number of hydrogen-bond donors (Lipinski definition) is 1. The zero-order valence-corrected chi connectivity index (χ0v) is 15.3. The zero-order chi connectivity index (χ0) is 20.7. The molecule has 1 N–H and O–H groups in total. The third-order valence-corrected chi connectivity index (χ3v) is 4.93. The first-order valence-corrected chi connectivity index (χ1v) is 8.76. The SMILES string of the molecule is Cc1c(C(=O)Nc2ccc3c(c2)C(=O)c2ccccc2C3=O)cccc1[N+](=O)[O-]. The number of nitrogens with zero attached hydrogens (tertiary/aromatic N) is 1. The van der Waals surface area contributed by atoms with Gasteiger partial charge < -0.3 is 5.32 Å².